The van der Waals surface area contributed by atoms with E-state index in [-0.39, 0.29) is 18.3 Å². The Hall–Kier alpha value is -3.02. The molecule has 0 saturated heterocycles. The van der Waals surface area contributed by atoms with E-state index in [1.54, 1.807) is 18.2 Å². The van der Waals surface area contributed by atoms with Crippen LogP contribution in [0.5, 0.6) is 0 Å². The molecule has 1 aromatic heterocycles. The van der Waals surface area contributed by atoms with Gasteiger partial charge in [-0.3, -0.25) is 4.79 Å². The van der Waals surface area contributed by atoms with Crippen LogP contribution < -0.4 is 0 Å². The third kappa shape index (κ3) is 3.35. The topological polar surface area (TPSA) is 65.2 Å². The van der Waals surface area contributed by atoms with Gasteiger partial charge in [-0.15, -0.1) is 10.2 Å². The molecular formula is C21H19FN2O3. The van der Waals surface area contributed by atoms with Gasteiger partial charge in [-0.05, 0) is 31.0 Å². The molecule has 0 unspecified atom stereocenters. The summed E-state index contributed by atoms with van der Waals surface area (Å²) in [5, 5.41) is 7.92. The first-order chi connectivity index (χ1) is 13.2. The molecular weight excluding hydrogens is 347 g/mol. The van der Waals surface area contributed by atoms with Gasteiger partial charge in [0, 0.05) is 11.1 Å². The Morgan fingerprint density at radius 3 is 2.48 bits per heavy atom. The van der Waals surface area contributed by atoms with Crippen LogP contribution in [0.1, 0.15) is 37.1 Å². The minimum Gasteiger partial charge on any atom is -0.455 e. The smallest absolute Gasteiger partial charge is 0.317 e. The Morgan fingerprint density at radius 2 is 1.74 bits per heavy atom. The second-order valence-corrected chi connectivity index (χ2v) is 6.71. The zero-order valence-electron chi connectivity index (χ0n) is 14.7. The number of ether oxygens (including phenoxy) is 1. The van der Waals surface area contributed by atoms with Crippen LogP contribution in [0.25, 0.3) is 11.5 Å². The van der Waals surface area contributed by atoms with E-state index in [4.69, 9.17) is 9.15 Å². The number of hydrogen-bond donors (Lipinski definition) is 0. The van der Waals surface area contributed by atoms with E-state index < -0.39 is 11.4 Å². The van der Waals surface area contributed by atoms with Crippen molar-refractivity contribution in [3.63, 3.8) is 0 Å². The molecule has 138 valence electrons. The van der Waals surface area contributed by atoms with Crippen molar-refractivity contribution < 1.29 is 18.3 Å². The van der Waals surface area contributed by atoms with Gasteiger partial charge in [-0.1, -0.05) is 49.2 Å². The maximum atomic E-state index is 14.4. The molecule has 0 bridgehead atoms. The molecule has 1 heterocycles. The number of carbonyl (C=O) groups excluding carboxylic acids is 1. The number of rotatable bonds is 5. The molecule has 1 fully saturated rings. The molecule has 0 amide bonds. The van der Waals surface area contributed by atoms with Gasteiger partial charge in [0.25, 0.3) is 5.89 Å². The van der Waals surface area contributed by atoms with Crippen molar-refractivity contribution in [1.82, 2.24) is 10.2 Å². The quantitative estimate of drug-likeness (QED) is 0.625. The number of carbonyl (C=O) groups is 1. The SMILES string of the molecule is O=C(OCc1nnc(-c2ccccc2)o1)C1(c2ccccc2F)CCCC1. The molecule has 0 spiro atoms. The number of hydrogen-bond acceptors (Lipinski definition) is 5. The summed E-state index contributed by atoms with van der Waals surface area (Å²) in [5.74, 6) is -0.236. The molecule has 1 aliphatic rings. The average molecular weight is 366 g/mol. The van der Waals surface area contributed by atoms with Crippen molar-refractivity contribution in [3.8, 4) is 11.5 Å². The van der Waals surface area contributed by atoms with Crippen molar-refractivity contribution in [3.05, 3.63) is 71.9 Å². The normalized spacial score (nSPS) is 15.6. The van der Waals surface area contributed by atoms with E-state index in [1.165, 1.54) is 6.07 Å². The number of nitrogens with zero attached hydrogens (tertiary/aromatic N) is 2. The molecule has 6 heteroatoms. The van der Waals surface area contributed by atoms with Crippen molar-refractivity contribution in [2.75, 3.05) is 0 Å². The minimum atomic E-state index is -0.937. The number of aromatic nitrogens is 2. The van der Waals surface area contributed by atoms with Gasteiger partial charge < -0.3 is 9.15 Å². The molecule has 0 atom stereocenters. The van der Waals surface area contributed by atoms with Crippen molar-refractivity contribution in [2.24, 2.45) is 0 Å². The summed E-state index contributed by atoms with van der Waals surface area (Å²) in [4.78, 5) is 12.9. The molecule has 0 radical (unpaired) electrons. The predicted octanol–water partition coefficient (Wildman–Crippen LogP) is 4.43. The maximum Gasteiger partial charge on any atom is 0.317 e. The van der Waals surface area contributed by atoms with Crippen LogP contribution >= 0.6 is 0 Å². The molecule has 3 aromatic rings. The Morgan fingerprint density at radius 1 is 1.04 bits per heavy atom. The Balaban J connectivity index is 1.50. The summed E-state index contributed by atoms with van der Waals surface area (Å²) >= 11 is 0. The Kier molecular flexibility index (Phi) is 4.71. The third-order valence-corrected chi connectivity index (χ3v) is 5.05. The van der Waals surface area contributed by atoms with Gasteiger partial charge in [-0.25, -0.2) is 4.39 Å². The van der Waals surface area contributed by atoms with E-state index in [0.717, 1.165) is 18.4 Å². The van der Waals surface area contributed by atoms with Gasteiger partial charge >= 0.3 is 5.97 Å². The van der Waals surface area contributed by atoms with Gasteiger partial charge in [0.1, 0.15) is 5.82 Å². The summed E-state index contributed by atoms with van der Waals surface area (Å²) in [7, 11) is 0. The number of esters is 1. The minimum absolute atomic E-state index is 0.130. The summed E-state index contributed by atoms with van der Waals surface area (Å²) < 4.78 is 25.4. The second kappa shape index (κ2) is 7.31. The van der Waals surface area contributed by atoms with Gasteiger partial charge in [0.15, 0.2) is 6.61 Å². The van der Waals surface area contributed by atoms with E-state index in [2.05, 4.69) is 10.2 Å². The van der Waals surface area contributed by atoms with Crippen LogP contribution in [-0.4, -0.2) is 16.2 Å². The lowest BCUT2D eigenvalue weighted by Crippen LogP contribution is -2.35. The highest BCUT2D eigenvalue weighted by molar-refractivity contribution is 5.83. The van der Waals surface area contributed by atoms with Crippen LogP contribution in [0.2, 0.25) is 0 Å². The van der Waals surface area contributed by atoms with Crippen LogP contribution in [0.4, 0.5) is 4.39 Å². The highest BCUT2D eigenvalue weighted by Crippen LogP contribution is 2.43. The lowest BCUT2D eigenvalue weighted by Gasteiger charge is -2.27. The van der Waals surface area contributed by atoms with E-state index >= 15 is 0 Å². The first-order valence-electron chi connectivity index (χ1n) is 8.99. The first kappa shape index (κ1) is 17.4. The summed E-state index contributed by atoms with van der Waals surface area (Å²) in [6, 6.07) is 15.8. The van der Waals surface area contributed by atoms with Crippen molar-refractivity contribution in [1.29, 1.82) is 0 Å². The third-order valence-electron chi connectivity index (χ3n) is 5.05. The zero-order chi connectivity index (χ0) is 18.7. The van der Waals surface area contributed by atoms with Crippen LogP contribution in [0.15, 0.2) is 59.0 Å². The van der Waals surface area contributed by atoms with E-state index in [1.807, 2.05) is 30.3 Å². The van der Waals surface area contributed by atoms with Crippen LogP contribution in [0.3, 0.4) is 0 Å². The molecule has 27 heavy (non-hydrogen) atoms. The average Bonchev–Trinajstić information content (AvgIpc) is 3.38. The summed E-state index contributed by atoms with van der Waals surface area (Å²) in [5.41, 5.74) is 0.261. The Bertz CT molecular complexity index is 933. The fourth-order valence-electron chi connectivity index (χ4n) is 3.69. The standard InChI is InChI=1S/C21H19FN2O3/c22-17-11-5-4-10-16(17)21(12-6-7-13-21)20(25)26-14-18-23-24-19(27-18)15-8-2-1-3-9-15/h1-5,8-11H,6-7,12-14H2. The van der Waals surface area contributed by atoms with E-state index in [9.17, 15) is 9.18 Å². The monoisotopic (exact) mass is 366 g/mol. The first-order valence-corrected chi connectivity index (χ1v) is 8.99. The number of halogens is 1. The van der Waals surface area contributed by atoms with Crippen LogP contribution in [-0.2, 0) is 21.6 Å². The fourth-order valence-corrected chi connectivity index (χ4v) is 3.69. The Labute approximate surface area is 156 Å². The predicted molar refractivity (Wildman–Crippen MR) is 96.1 cm³/mol. The van der Waals surface area contributed by atoms with Crippen molar-refractivity contribution >= 4 is 5.97 Å². The molecule has 1 aliphatic carbocycles. The highest BCUT2D eigenvalue weighted by Gasteiger charge is 2.45. The summed E-state index contributed by atoms with van der Waals surface area (Å²) in [6.45, 7) is -0.130. The van der Waals surface area contributed by atoms with Crippen LogP contribution in [0, 0.1) is 5.82 Å². The lowest BCUT2D eigenvalue weighted by molar-refractivity contribution is -0.152. The molecule has 5 nitrogen and oxygen atoms in total. The van der Waals surface area contributed by atoms with Gasteiger partial charge in [-0.2, -0.15) is 0 Å². The molecule has 4 rings (SSSR count). The van der Waals surface area contributed by atoms with Crippen molar-refractivity contribution in [2.45, 2.75) is 37.7 Å². The fraction of sp³-hybridized carbons (Fsp3) is 0.286. The maximum absolute atomic E-state index is 14.4. The van der Waals surface area contributed by atoms with Gasteiger partial charge in [0.2, 0.25) is 5.89 Å². The van der Waals surface area contributed by atoms with E-state index in [0.29, 0.717) is 24.3 Å². The molecule has 2 aromatic carbocycles. The molecule has 0 N–H and O–H groups in total. The number of benzene rings is 2. The summed E-state index contributed by atoms with van der Waals surface area (Å²) in [6.07, 6.45) is 2.88. The molecule has 0 aliphatic heterocycles. The lowest BCUT2D eigenvalue weighted by atomic mass is 9.78. The van der Waals surface area contributed by atoms with Gasteiger partial charge in [0.05, 0.1) is 5.41 Å². The zero-order valence-corrected chi connectivity index (χ0v) is 14.7. The second-order valence-electron chi connectivity index (χ2n) is 6.71. The largest absolute Gasteiger partial charge is 0.455 e. The molecule has 1 saturated carbocycles. The highest BCUT2D eigenvalue weighted by atomic mass is 19.1.